The van der Waals surface area contributed by atoms with E-state index in [1.54, 1.807) is 14.2 Å². The highest BCUT2D eigenvalue weighted by Gasteiger charge is 2.08. The van der Waals surface area contributed by atoms with Gasteiger partial charge in [0.2, 0.25) is 0 Å². The monoisotopic (exact) mass is 229 g/mol. The predicted octanol–water partition coefficient (Wildman–Crippen LogP) is 2.55. The second kappa shape index (κ2) is 4.62. The minimum atomic E-state index is 0.575. The number of aryl methyl sites for hydroxylation is 1. The fourth-order valence-corrected chi connectivity index (χ4v) is 1.65. The number of halogens is 1. The predicted molar refractivity (Wildman–Crippen MR) is 63.5 cm³/mol. The number of hydrogen-bond donors (Lipinski definition) is 1. The molecule has 0 aliphatic carbocycles. The maximum absolute atomic E-state index is 5.99. The number of thiocarbonyl (C=S) groups is 1. The van der Waals surface area contributed by atoms with Crippen LogP contribution in [0.1, 0.15) is 11.1 Å². The summed E-state index contributed by atoms with van der Waals surface area (Å²) in [5, 5.41) is 3.49. The minimum absolute atomic E-state index is 0.575. The molecule has 0 aliphatic heterocycles. The Hall–Kier alpha value is -0.800. The van der Waals surface area contributed by atoms with Gasteiger partial charge in [0, 0.05) is 12.6 Å². The molecular formula is C10H12ClNOS. The minimum Gasteiger partial charge on any atom is -0.495 e. The van der Waals surface area contributed by atoms with Crippen LogP contribution in [-0.4, -0.2) is 19.1 Å². The van der Waals surface area contributed by atoms with Crippen LogP contribution in [0.4, 0.5) is 0 Å². The van der Waals surface area contributed by atoms with Crippen LogP contribution in [0.15, 0.2) is 12.1 Å². The largest absolute Gasteiger partial charge is 0.495 e. The molecule has 0 heterocycles. The quantitative estimate of drug-likeness (QED) is 0.788. The summed E-state index contributed by atoms with van der Waals surface area (Å²) in [5.74, 6) is 0.673. The smallest absolute Gasteiger partial charge is 0.137 e. The average molecular weight is 230 g/mol. The second-order valence-electron chi connectivity index (χ2n) is 2.88. The SMILES string of the molecule is CNC(=S)c1cc(Cl)c(OC)cc1C. The first-order valence-electron chi connectivity index (χ1n) is 4.16. The van der Waals surface area contributed by atoms with E-state index >= 15 is 0 Å². The Morgan fingerprint density at radius 3 is 2.64 bits per heavy atom. The van der Waals surface area contributed by atoms with E-state index in [-0.39, 0.29) is 0 Å². The number of nitrogens with one attached hydrogen (secondary N) is 1. The van der Waals surface area contributed by atoms with Crippen molar-refractivity contribution in [2.24, 2.45) is 0 Å². The molecule has 1 N–H and O–H groups in total. The van der Waals surface area contributed by atoms with Crippen molar-refractivity contribution >= 4 is 28.8 Å². The first kappa shape index (κ1) is 11.3. The van der Waals surface area contributed by atoms with E-state index < -0.39 is 0 Å². The molecule has 2 nitrogen and oxygen atoms in total. The van der Waals surface area contributed by atoms with E-state index in [2.05, 4.69) is 5.32 Å². The maximum atomic E-state index is 5.99. The normalized spacial score (nSPS) is 9.71. The lowest BCUT2D eigenvalue weighted by molar-refractivity contribution is 0.414. The van der Waals surface area contributed by atoms with Crippen molar-refractivity contribution in [2.75, 3.05) is 14.2 Å². The number of rotatable bonds is 2. The van der Waals surface area contributed by atoms with Crippen molar-refractivity contribution in [1.82, 2.24) is 5.32 Å². The summed E-state index contributed by atoms with van der Waals surface area (Å²) >= 11 is 11.1. The van der Waals surface area contributed by atoms with Crippen LogP contribution < -0.4 is 10.1 Å². The first-order valence-corrected chi connectivity index (χ1v) is 4.95. The van der Waals surface area contributed by atoms with Crippen LogP contribution in [0.3, 0.4) is 0 Å². The van der Waals surface area contributed by atoms with Crippen molar-refractivity contribution < 1.29 is 4.74 Å². The summed E-state index contributed by atoms with van der Waals surface area (Å²) in [7, 11) is 3.39. The molecular weight excluding hydrogens is 218 g/mol. The van der Waals surface area contributed by atoms with Gasteiger partial charge >= 0.3 is 0 Å². The fourth-order valence-electron chi connectivity index (χ4n) is 1.19. The molecule has 76 valence electrons. The van der Waals surface area contributed by atoms with Crippen LogP contribution in [0.25, 0.3) is 0 Å². The molecule has 1 rings (SSSR count). The number of methoxy groups -OCH3 is 1. The van der Waals surface area contributed by atoms with Gasteiger partial charge in [-0.2, -0.15) is 0 Å². The molecule has 0 amide bonds. The van der Waals surface area contributed by atoms with Crippen molar-refractivity contribution in [3.8, 4) is 5.75 Å². The molecule has 1 aromatic rings. The Balaban J connectivity index is 3.21. The molecule has 0 aliphatic rings. The molecule has 0 bridgehead atoms. The summed E-state index contributed by atoms with van der Waals surface area (Å²) in [6, 6.07) is 3.69. The zero-order chi connectivity index (χ0) is 10.7. The zero-order valence-corrected chi connectivity index (χ0v) is 9.92. The van der Waals surface area contributed by atoms with Gasteiger partial charge in [-0.3, -0.25) is 0 Å². The van der Waals surface area contributed by atoms with Crippen LogP contribution in [0.5, 0.6) is 5.75 Å². The summed E-state index contributed by atoms with van der Waals surface area (Å²) < 4.78 is 5.10. The Bertz CT molecular complexity index is 365. The first-order chi connectivity index (χ1) is 6.60. The molecule has 14 heavy (non-hydrogen) atoms. The van der Waals surface area contributed by atoms with Crippen molar-refractivity contribution in [3.63, 3.8) is 0 Å². The standard InChI is InChI=1S/C10H12ClNOS/c1-6-4-9(13-3)8(11)5-7(6)10(14)12-2/h4-5H,1-3H3,(H,12,14). The summed E-state index contributed by atoms with van der Waals surface area (Å²) in [4.78, 5) is 0.687. The molecule has 0 unspecified atom stereocenters. The van der Waals surface area contributed by atoms with Gasteiger partial charge in [-0.1, -0.05) is 23.8 Å². The third kappa shape index (κ3) is 2.16. The highest BCUT2D eigenvalue weighted by Crippen LogP contribution is 2.27. The van der Waals surface area contributed by atoms with Gasteiger partial charge in [-0.05, 0) is 24.6 Å². The third-order valence-corrected chi connectivity index (χ3v) is 2.69. The zero-order valence-electron chi connectivity index (χ0n) is 8.35. The second-order valence-corrected chi connectivity index (χ2v) is 3.70. The fraction of sp³-hybridized carbons (Fsp3) is 0.300. The van der Waals surface area contributed by atoms with Gasteiger partial charge in [0.1, 0.15) is 10.7 Å². The maximum Gasteiger partial charge on any atom is 0.137 e. The van der Waals surface area contributed by atoms with Gasteiger partial charge in [0.25, 0.3) is 0 Å². The number of ether oxygens (including phenoxy) is 1. The molecule has 0 saturated heterocycles. The van der Waals surface area contributed by atoms with Crippen molar-refractivity contribution in [3.05, 3.63) is 28.3 Å². The van der Waals surface area contributed by atoms with Crippen LogP contribution in [0, 0.1) is 6.92 Å². The highest BCUT2D eigenvalue weighted by atomic mass is 35.5. The van der Waals surface area contributed by atoms with Gasteiger partial charge in [0.05, 0.1) is 12.1 Å². The number of hydrogen-bond acceptors (Lipinski definition) is 2. The summed E-state index contributed by atoms with van der Waals surface area (Å²) in [6.45, 7) is 1.97. The Morgan fingerprint density at radius 2 is 2.14 bits per heavy atom. The van der Waals surface area contributed by atoms with E-state index in [9.17, 15) is 0 Å². The topological polar surface area (TPSA) is 21.3 Å². The molecule has 0 aromatic heterocycles. The Labute approximate surface area is 94.2 Å². The highest BCUT2D eigenvalue weighted by molar-refractivity contribution is 7.80. The molecule has 4 heteroatoms. The lowest BCUT2D eigenvalue weighted by Crippen LogP contribution is -2.17. The lowest BCUT2D eigenvalue weighted by Gasteiger charge is -2.10. The molecule has 0 saturated carbocycles. The van der Waals surface area contributed by atoms with Gasteiger partial charge in [0.15, 0.2) is 0 Å². The Kier molecular flexibility index (Phi) is 3.72. The van der Waals surface area contributed by atoms with Gasteiger partial charge in [-0.15, -0.1) is 0 Å². The van der Waals surface area contributed by atoms with E-state index in [4.69, 9.17) is 28.6 Å². The number of benzene rings is 1. The lowest BCUT2D eigenvalue weighted by atomic mass is 10.1. The molecule has 0 fully saturated rings. The molecule has 1 aromatic carbocycles. The Morgan fingerprint density at radius 1 is 1.50 bits per heavy atom. The van der Waals surface area contributed by atoms with Crippen LogP contribution in [-0.2, 0) is 0 Å². The molecule has 0 spiro atoms. The molecule has 0 atom stereocenters. The third-order valence-electron chi connectivity index (χ3n) is 1.97. The average Bonchev–Trinajstić information content (AvgIpc) is 2.19. The summed E-state index contributed by atoms with van der Waals surface area (Å²) in [5.41, 5.74) is 1.99. The molecule has 0 radical (unpaired) electrons. The van der Waals surface area contributed by atoms with Crippen LogP contribution >= 0.6 is 23.8 Å². The van der Waals surface area contributed by atoms with Crippen molar-refractivity contribution in [1.29, 1.82) is 0 Å². The van der Waals surface area contributed by atoms with E-state index in [0.29, 0.717) is 15.8 Å². The summed E-state index contributed by atoms with van der Waals surface area (Å²) in [6.07, 6.45) is 0. The van der Waals surface area contributed by atoms with E-state index in [1.165, 1.54) is 0 Å². The van der Waals surface area contributed by atoms with E-state index in [0.717, 1.165) is 11.1 Å². The van der Waals surface area contributed by atoms with Gasteiger partial charge in [-0.25, -0.2) is 0 Å². The van der Waals surface area contributed by atoms with Crippen molar-refractivity contribution in [2.45, 2.75) is 6.92 Å². The van der Waals surface area contributed by atoms with Gasteiger partial charge < -0.3 is 10.1 Å². The van der Waals surface area contributed by atoms with E-state index in [1.807, 2.05) is 19.1 Å². The van der Waals surface area contributed by atoms with Crippen LogP contribution in [0.2, 0.25) is 5.02 Å².